The van der Waals surface area contributed by atoms with Crippen molar-refractivity contribution in [3.05, 3.63) is 205 Å². The predicted octanol–water partition coefficient (Wildman–Crippen LogP) is 13.2. The molecule has 0 spiro atoms. The Hall–Kier alpha value is -6.84. The Morgan fingerprint density at radius 3 is 1.87 bits per heavy atom. The highest BCUT2D eigenvalue weighted by Crippen LogP contribution is 2.59. The lowest BCUT2D eigenvalue weighted by atomic mass is 9.66. The summed E-state index contributed by atoms with van der Waals surface area (Å²) in [5.74, 6) is 0. The Balaban J connectivity index is 1.30. The molecule has 53 heavy (non-hydrogen) atoms. The Morgan fingerprint density at radius 1 is 0.472 bits per heavy atom. The third kappa shape index (κ3) is 4.22. The van der Waals surface area contributed by atoms with Gasteiger partial charge in [0, 0.05) is 49.4 Å². The number of hydrogen-bond donors (Lipinski definition) is 1. The molecule has 10 aromatic rings. The zero-order valence-corrected chi connectivity index (χ0v) is 29.3. The zero-order chi connectivity index (χ0) is 35.1. The summed E-state index contributed by atoms with van der Waals surface area (Å²) in [5.41, 5.74) is 15.1. The maximum Gasteiger partial charge on any atom is 0.0785 e. The van der Waals surface area contributed by atoms with Gasteiger partial charge in [0.1, 0.15) is 0 Å². The lowest BCUT2D eigenvalue weighted by Gasteiger charge is -2.45. The molecule has 1 aliphatic heterocycles. The molecule has 0 saturated carbocycles. The molecular weight excluding hydrogens is 643 g/mol. The number of nitrogens with zero attached hydrogens (tertiary/aromatic N) is 2. The number of hydrogen-bond acceptors (Lipinski definition) is 1. The van der Waals surface area contributed by atoms with Crippen LogP contribution >= 0.6 is 0 Å². The fraction of sp³-hybridized carbons (Fsp3) is 0.0400. The third-order valence-corrected chi connectivity index (χ3v) is 11.6. The zero-order valence-electron chi connectivity index (χ0n) is 29.3. The van der Waals surface area contributed by atoms with Gasteiger partial charge in [0.15, 0.2) is 0 Å². The van der Waals surface area contributed by atoms with Crippen molar-refractivity contribution in [2.75, 3.05) is 4.90 Å². The standard InChI is InChI=1S/C50H35N3/c1-50(35-17-7-3-8-18-35)42-31-29-41-39-22-12-14-24-44(39)52(37-27-25-34(26-28-37)33-15-5-2-6-16-33)48(41)49(42)53(36-19-9-4-10-20-36)45-32-30-40-38-21-11-13-23-43(38)51-47(40)46(45)50/h2-32,51H,1H3. The SMILES string of the molecule is CC1(c2ccccc2)c2ccc3c4ccccc4n(-c4ccc(-c5ccccc5)cc4)c3c2N(c2ccccc2)c2ccc3c([nH]c4ccccc43)c21. The first-order valence-corrected chi connectivity index (χ1v) is 18.4. The molecule has 8 aromatic carbocycles. The predicted molar refractivity (Wildman–Crippen MR) is 222 cm³/mol. The van der Waals surface area contributed by atoms with Gasteiger partial charge < -0.3 is 14.5 Å². The van der Waals surface area contributed by atoms with Crippen LogP contribution in [0.3, 0.4) is 0 Å². The number of H-pyrrole nitrogens is 1. The van der Waals surface area contributed by atoms with Gasteiger partial charge in [-0.25, -0.2) is 0 Å². The van der Waals surface area contributed by atoms with E-state index in [0.717, 1.165) is 16.9 Å². The van der Waals surface area contributed by atoms with Crippen LogP contribution in [0.2, 0.25) is 0 Å². The molecular formula is C50H35N3. The summed E-state index contributed by atoms with van der Waals surface area (Å²) >= 11 is 0. The summed E-state index contributed by atoms with van der Waals surface area (Å²) in [7, 11) is 0. The average Bonchev–Trinajstić information content (AvgIpc) is 3.78. The number of aromatic amines is 1. The van der Waals surface area contributed by atoms with Crippen molar-refractivity contribution in [2.24, 2.45) is 0 Å². The van der Waals surface area contributed by atoms with E-state index in [0.29, 0.717) is 0 Å². The quantitative estimate of drug-likeness (QED) is 0.197. The number of benzene rings is 8. The van der Waals surface area contributed by atoms with Crippen molar-refractivity contribution in [3.8, 4) is 16.8 Å². The minimum absolute atomic E-state index is 0.496. The normalized spacial score (nSPS) is 15.3. The Bertz CT molecular complexity index is 2990. The van der Waals surface area contributed by atoms with Crippen LogP contribution in [-0.2, 0) is 5.41 Å². The van der Waals surface area contributed by atoms with Gasteiger partial charge >= 0.3 is 0 Å². The van der Waals surface area contributed by atoms with E-state index in [1.54, 1.807) is 0 Å². The molecule has 0 amide bonds. The van der Waals surface area contributed by atoms with E-state index in [1.807, 2.05) is 0 Å². The fourth-order valence-corrected chi connectivity index (χ4v) is 9.14. The van der Waals surface area contributed by atoms with Gasteiger partial charge in [-0.15, -0.1) is 0 Å². The maximum absolute atomic E-state index is 3.92. The number of para-hydroxylation sites is 3. The number of rotatable bonds is 4. The first-order valence-electron chi connectivity index (χ1n) is 18.4. The molecule has 11 rings (SSSR count). The monoisotopic (exact) mass is 677 g/mol. The van der Waals surface area contributed by atoms with E-state index < -0.39 is 5.41 Å². The van der Waals surface area contributed by atoms with Gasteiger partial charge in [0.2, 0.25) is 0 Å². The average molecular weight is 678 g/mol. The van der Waals surface area contributed by atoms with Crippen LogP contribution in [0, 0.1) is 0 Å². The first-order chi connectivity index (χ1) is 26.2. The Kier molecular flexibility index (Phi) is 6.38. The molecule has 2 aromatic heterocycles. The summed E-state index contributed by atoms with van der Waals surface area (Å²) in [5, 5.41) is 4.96. The largest absolute Gasteiger partial charge is 0.354 e. The summed E-state index contributed by atoms with van der Waals surface area (Å²) in [4.78, 5) is 6.44. The van der Waals surface area contributed by atoms with Gasteiger partial charge in [-0.2, -0.15) is 0 Å². The smallest absolute Gasteiger partial charge is 0.0785 e. The molecule has 3 heteroatoms. The van der Waals surface area contributed by atoms with Crippen LogP contribution in [0.1, 0.15) is 23.6 Å². The first kappa shape index (κ1) is 29.8. The van der Waals surface area contributed by atoms with Crippen LogP contribution in [0.5, 0.6) is 0 Å². The minimum Gasteiger partial charge on any atom is -0.354 e. The van der Waals surface area contributed by atoms with Crippen molar-refractivity contribution in [2.45, 2.75) is 12.3 Å². The van der Waals surface area contributed by atoms with Crippen LogP contribution < -0.4 is 4.90 Å². The maximum atomic E-state index is 3.92. The summed E-state index contributed by atoms with van der Waals surface area (Å²) in [6.07, 6.45) is 0. The molecule has 0 radical (unpaired) electrons. The van der Waals surface area contributed by atoms with Gasteiger partial charge in [-0.3, -0.25) is 0 Å². The van der Waals surface area contributed by atoms with Gasteiger partial charge in [0.25, 0.3) is 0 Å². The van der Waals surface area contributed by atoms with E-state index in [4.69, 9.17) is 0 Å². The van der Waals surface area contributed by atoms with Crippen LogP contribution in [0.4, 0.5) is 17.1 Å². The highest BCUT2D eigenvalue weighted by Gasteiger charge is 2.45. The molecule has 0 fully saturated rings. The highest BCUT2D eigenvalue weighted by molar-refractivity contribution is 6.18. The lowest BCUT2D eigenvalue weighted by molar-refractivity contribution is 0.688. The lowest BCUT2D eigenvalue weighted by Crippen LogP contribution is -2.34. The topological polar surface area (TPSA) is 24.0 Å². The second kappa shape index (κ2) is 11.3. The summed E-state index contributed by atoms with van der Waals surface area (Å²) < 4.78 is 2.49. The molecule has 1 aliphatic rings. The highest BCUT2D eigenvalue weighted by atomic mass is 15.2. The van der Waals surface area contributed by atoms with Gasteiger partial charge in [-0.1, -0.05) is 146 Å². The number of nitrogens with one attached hydrogen (secondary N) is 1. The van der Waals surface area contributed by atoms with Crippen molar-refractivity contribution in [3.63, 3.8) is 0 Å². The number of aromatic nitrogens is 2. The van der Waals surface area contributed by atoms with E-state index in [2.05, 4.69) is 209 Å². The number of fused-ring (bicyclic) bond motifs is 10. The molecule has 0 aliphatic carbocycles. The Morgan fingerprint density at radius 2 is 1.09 bits per heavy atom. The minimum atomic E-state index is -0.496. The molecule has 1 unspecified atom stereocenters. The van der Waals surface area contributed by atoms with Gasteiger partial charge in [0.05, 0.1) is 27.9 Å². The van der Waals surface area contributed by atoms with Crippen molar-refractivity contribution < 1.29 is 0 Å². The van der Waals surface area contributed by atoms with E-state index in [-0.39, 0.29) is 0 Å². The van der Waals surface area contributed by atoms with Crippen molar-refractivity contribution in [1.29, 1.82) is 0 Å². The van der Waals surface area contributed by atoms with E-state index in [1.165, 1.54) is 77.3 Å². The molecule has 3 heterocycles. The van der Waals surface area contributed by atoms with E-state index in [9.17, 15) is 0 Å². The van der Waals surface area contributed by atoms with Crippen molar-refractivity contribution in [1.82, 2.24) is 9.55 Å². The molecule has 1 N–H and O–H groups in total. The molecule has 250 valence electrons. The second-order valence-electron chi connectivity index (χ2n) is 14.3. The third-order valence-electron chi connectivity index (χ3n) is 11.6. The van der Waals surface area contributed by atoms with Crippen LogP contribution in [0.25, 0.3) is 60.4 Å². The van der Waals surface area contributed by atoms with Crippen LogP contribution in [-0.4, -0.2) is 9.55 Å². The molecule has 1 atom stereocenters. The summed E-state index contributed by atoms with van der Waals surface area (Å²) in [6, 6.07) is 68.7. The van der Waals surface area contributed by atoms with Gasteiger partial charge in [-0.05, 0) is 71.6 Å². The molecule has 0 saturated heterocycles. The Labute approximate surface area is 308 Å². The van der Waals surface area contributed by atoms with Crippen LogP contribution in [0.15, 0.2) is 188 Å². The van der Waals surface area contributed by atoms with E-state index >= 15 is 0 Å². The fourth-order valence-electron chi connectivity index (χ4n) is 9.14. The second-order valence-corrected chi connectivity index (χ2v) is 14.3. The van der Waals surface area contributed by atoms with Crippen molar-refractivity contribution >= 4 is 60.7 Å². The molecule has 0 bridgehead atoms. The summed E-state index contributed by atoms with van der Waals surface area (Å²) in [6.45, 7) is 2.43. The molecule has 3 nitrogen and oxygen atoms in total. The number of anilines is 3.